The van der Waals surface area contributed by atoms with Crippen LogP contribution in [0.15, 0.2) is 35.5 Å². The van der Waals surface area contributed by atoms with Crippen molar-refractivity contribution >= 4 is 11.8 Å². The van der Waals surface area contributed by atoms with Gasteiger partial charge in [-0.1, -0.05) is 42.1 Å². The van der Waals surface area contributed by atoms with E-state index in [0.717, 1.165) is 49.4 Å². The van der Waals surface area contributed by atoms with Gasteiger partial charge in [-0.05, 0) is 50.8 Å². The van der Waals surface area contributed by atoms with Gasteiger partial charge in [-0.25, -0.2) is 0 Å². The van der Waals surface area contributed by atoms with Crippen LogP contribution < -0.4 is 0 Å². The van der Waals surface area contributed by atoms with Crippen molar-refractivity contribution < 1.29 is 4.74 Å². The average molecular weight is 387 g/mol. The fourth-order valence-electron chi connectivity index (χ4n) is 4.10. The van der Waals surface area contributed by atoms with Crippen molar-refractivity contribution in [1.82, 2.24) is 19.7 Å². The van der Waals surface area contributed by atoms with E-state index in [9.17, 15) is 0 Å². The summed E-state index contributed by atoms with van der Waals surface area (Å²) in [5, 5.41) is 10.0. The van der Waals surface area contributed by atoms with Gasteiger partial charge < -0.3 is 14.2 Å². The Balaban J connectivity index is 1.25. The minimum absolute atomic E-state index is 0.392. The molecule has 2 fully saturated rings. The molecule has 1 aromatic carbocycles. The lowest BCUT2D eigenvalue weighted by Gasteiger charge is -2.31. The highest BCUT2D eigenvalue weighted by Gasteiger charge is 2.25. The van der Waals surface area contributed by atoms with E-state index in [-0.39, 0.29) is 0 Å². The van der Waals surface area contributed by atoms with Gasteiger partial charge in [0.25, 0.3) is 0 Å². The zero-order valence-corrected chi connectivity index (χ0v) is 17.0. The van der Waals surface area contributed by atoms with Crippen molar-refractivity contribution in [2.24, 2.45) is 7.05 Å². The summed E-state index contributed by atoms with van der Waals surface area (Å²) in [6.07, 6.45) is 6.26. The lowest BCUT2D eigenvalue weighted by molar-refractivity contribution is 0.129. The number of hydrogen-bond acceptors (Lipinski definition) is 5. The molecule has 2 aliphatic rings. The minimum Gasteiger partial charge on any atom is -0.377 e. The Hall–Kier alpha value is -1.37. The first-order valence-corrected chi connectivity index (χ1v) is 11.2. The second kappa shape index (κ2) is 9.22. The maximum absolute atomic E-state index is 5.72. The summed E-state index contributed by atoms with van der Waals surface area (Å²) in [7, 11) is 2.12. The molecule has 5 nitrogen and oxygen atoms in total. The number of aromatic nitrogens is 3. The Bertz CT molecular complexity index is 706. The molecule has 0 aliphatic carbocycles. The Morgan fingerprint density at radius 1 is 1.11 bits per heavy atom. The van der Waals surface area contributed by atoms with E-state index >= 15 is 0 Å². The van der Waals surface area contributed by atoms with Crippen molar-refractivity contribution in [3.05, 3.63) is 41.7 Å². The number of rotatable bonds is 7. The van der Waals surface area contributed by atoms with E-state index in [1.807, 2.05) is 0 Å². The molecule has 4 rings (SSSR count). The molecule has 6 heteroatoms. The molecule has 27 heavy (non-hydrogen) atoms. The van der Waals surface area contributed by atoms with E-state index in [1.165, 1.54) is 31.2 Å². The van der Waals surface area contributed by atoms with Gasteiger partial charge in [0.15, 0.2) is 5.16 Å². The summed E-state index contributed by atoms with van der Waals surface area (Å²) in [6, 6.07) is 10.8. The molecular formula is C21H30N4OS. The van der Waals surface area contributed by atoms with E-state index in [0.29, 0.717) is 12.0 Å². The largest absolute Gasteiger partial charge is 0.377 e. The number of thioether (sulfide) groups is 1. The lowest BCUT2D eigenvalue weighted by Crippen LogP contribution is -2.35. The van der Waals surface area contributed by atoms with Gasteiger partial charge in [0, 0.05) is 31.9 Å². The van der Waals surface area contributed by atoms with Crippen molar-refractivity contribution in [2.75, 3.05) is 32.0 Å². The second-order valence-electron chi connectivity index (χ2n) is 7.70. The van der Waals surface area contributed by atoms with Crippen LogP contribution in [-0.4, -0.2) is 57.8 Å². The van der Waals surface area contributed by atoms with Crippen LogP contribution in [0.4, 0.5) is 0 Å². The van der Waals surface area contributed by atoms with Crippen LogP contribution in [0, 0.1) is 0 Å². The predicted octanol–water partition coefficient (Wildman–Crippen LogP) is 3.51. The van der Waals surface area contributed by atoms with Gasteiger partial charge in [0.2, 0.25) is 0 Å². The highest BCUT2D eigenvalue weighted by Crippen LogP contribution is 2.29. The Kier molecular flexibility index (Phi) is 6.47. The Morgan fingerprint density at radius 3 is 2.67 bits per heavy atom. The first kappa shape index (κ1) is 19.0. The smallest absolute Gasteiger partial charge is 0.191 e. The number of benzene rings is 1. The summed E-state index contributed by atoms with van der Waals surface area (Å²) in [4.78, 5) is 2.59. The van der Waals surface area contributed by atoms with Crippen LogP contribution in [0.3, 0.4) is 0 Å². The summed E-state index contributed by atoms with van der Waals surface area (Å²) in [6.45, 7) is 4.38. The van der Waals surface area contributed by atoms with Gasteiger partial charge in [-0.3, -0.25) is 0 Å². The molecule has 0 radical (unpaired) electrons. The fourth-order valence-corrected chi connectivity index (χ4v) is 5.08. The van der Waals surface area contributed by atoms with Gasteiger partial charge in [-0.2, -0.15) is 0 Å². The average Bonchev–Trinajstić information content (AvgIpc) is 3.36. The molecule has 0 spiro atoms. The number of nitrogens with zero attached hydrogens (tertiary/aromatic N) is 4. The second-order valence-corrected chi connectivity index (χ2v) is 8.68. The summed E-state index contributed by atoms with van der Waals surface area (Å²) >= 11 is 1.79. The molecule has 0 saturated carbocycles. The topological polar surface area (TPSA) is 43.2 Å². The fraction of sp³-hybridized carbons (Fsp3) is 0.619. The third-order valence-corrected chi connectivity index (χ3v) is 6.96. The van der Waals surface area contributed by atoms with Gasteiger partial charge in [-0.15, -0.1) is 10.2 Å². The van der Waals surface area contributed by atoms with Crippen molar-refractivity contribution in [1.29, 1.82) is 0 Å². The minimum atomic E-state index is 0.392. The molecule has 0 amide bonds. The summed E-state index contributed by atoms with van der Waals surface area (Å²) in [5.41, 5.74) is 1.43. The van der Waals surface area contributed by atoms with Crippen LogP contribution in [0.1, 0.15) is 43.0 Å². The maximum atomic E-state index is 5.72. The van der Waals surface area contributed by atoms with Crippen molar-refractivity contribution in [2.45, 2.75) is 49.3 Å². The van der Waals surface area contributed by atoms with Crippen molar-refractivity contribution in [3.63, 3.8) is 0 Å². The Morgan fingerprint density at radius 2 is 1.93 bits per heavy atom. The van der Waals surface area contributed by atoms with Crippen LogP contribution in [0.2, 0.25) is 0 Å². The quantitative estimate of drug-likeness (QED) is 0.681. The van der Waals surface area contributed by atoms with Gasteiger partial charge in [0.05, 0.1) is 6.10 Å². The molecule has 0 N–H and O–H groups in total. The van der Waals surface area contributed by atoms with Crippen LogP contribution in [0.5, 0.6) is 0 Å². The van der Waals surface area contributed by atoms with Gasteiger partial charge in [0.1, 0.15) is 5.82 Å². The first-order valence-electron chi connectivity index (χ1n) is 10.2. The van der Waals surface area contributed by atoms with Gasteiger partial charge >= 0.3 is 0 Å². The number of likely N-dealkylation sites (tertiary alicyclic amines) is 1. The monoisotopic (exact) mass is 386 g/mol. The van der Waals surface area contributed by atoms with Crippen LogP contribution in [-0.2, 0) is 18.2 Å². The van der Waals surface area contributed by atoms with Crippen molar-refractivity contribution in [3.8, 4) is 0 Å². The molecule has 2 aliphatic heterocycles. The molecule has 146 valence electrons. The molecule has 1 aromatic heterocycles. The van der Waals surface area contributed by atoms with E-state index in [1.54, 1.807) is 11.8 Å². The van der Waals surface area contributed by atoms with E-state index < -0.39 is 0 Å². The number of ether oxygens (including phenoxy) is 1. The molecule has 1 atom stereocenters. The van der Waals surface area contributed by atoms with Crippen LogP contribution in [0.25, 0.3) is 0 Å². The van der Waals surface area contributed by atoms with Crippen LogP contribution >= 0.6 is 11.8 Å². The Labute approximate surface area is 166 Å². The molecule has 2 saturated heterocycles. The third kappa shape index (κ3) is 4.92. The molecule has 1 unspecified atom stereocenters. The SMILES string of the molecule is Cn1c(SCC2CCCO2)nnc1C1CCN(CCc2ccccc2)CC1. The van der Waals surface area contributed by atoms with E-state index in [4.69, 9.17) is 4.74 Å². The molecule has 3 heterocycles. The first-order chi connectivity index (χ1) is 13.3. The third-order valence-electron chi connectivity index (χ3n) is 5.80. The zero-order valence-electron chi connectivity index (χ0n) is 16.2. The molecule has 2 aromatic rings. The molecular weight excluding hydrogens is 356 g/mol. The highest BCUT2D eigenvalue weighted by molar-refractivity contribution is 7.99. The summed E-state index contributed by atoms with van der Waals surface area (Å²) < 4.78 is 7.93. The predicted molar refractivity (Wildman–Crippen MR) is 109 cm³/mol. The highest BCUT2D eigenvalue weighted by atomic mass is 32.2. The van der Waals surface area contributed by atoms with E-state index in [2.05, 4.69) is 57.0 Å². The standard InChI is InChI=1S/C21H30N4OS/c1-24-20(22-23-21(24)27-16-19-8-5-15-26-19)18-10-13-25(14-11-18)12-9-17-6-3-2-4-7-17/h2-4,6-7,18-19H,5,8-16H2,1H3. The normalized spacial score (nSPS) is 21.7. The lowest BCUT2D eigenvalue weighted by atomic mass is 9.95. The zero-order chi connectivity index (χ0) is 18.5. The summed E-state index contributed by atoms with van der Waals surface area (Å²) in [5.74, 6) is 2.68. The molecule has 0 bridgehead atoms. The number of piperidine rings is 1. The maximum Gasteiger partial charge on any atom is 0.191 e. The number of hydrogen-bond donors (Lipinski definition) is 0.